The summed E-state index contributed by atoms with van der Waals surface area (Å²) in [5.74, 6) is -0.122. The van der Waals surface area contributed by atoms with Crippen molar-refractivity contribution in [3.63, 3.8) is 0 Å². The molecule has 0 aliphatic rings. The largest absolute Gasteiger partial charge is 0.469 e. The van der Waals surface area contributed by atoms with Gasteiger partial charge in [0.2, 0.25) is 0 Å². The molecule has 0 aromatic heterocycles. The first kappa shape index (κ1) is 17.4. The number of carbonyl (C=O) groups excluding carboxylic acids is 1. The molecule has 0 atom stereocenters. The third-order valence-corrected chi connectivity index (χ3v) is 3.30. The SMILES string of the molecule is CCCCCC(CCCCC)NCCC(=O)OC. The van der Waals surface area contributed by atoms with Gasteiger partial charge in [0.05, 0.1) is 13.5 Å². The van der Waals surface area contributed by atoms with Gasteiger partial charge in [0.25, 0.3) is 0 Å². The maximum absolute atomic E-state index is 11.1. The minimum absolute atomic E-state index is 0.122. The van der Waals surface area contributed by atoms with Crippen LogP contribution in [-0.2, 0) is 9.53 Å². The van der Waals surface area contributed by atoms with E-state index in [0.717, 1.165) is 6.54 Å². The summed E-state index contributed by atoms with van der Waals surface area (Å²) in [5.41, 5.74) is 0. The van der Waals surface area contributed by atoms with Gasteiger partial charge in [0.1, 0.15) is 0 Å². The fourth-order valence-corrected chi connectivity index (χ4v) is 2.11. The second-order valence-electron chi connectivity index (χ2n) is 4.97. The normalized spacial score (nSPS) is 10.9. The third-order valence-electron chi connectivity index (χ3n) is 3.30. The van der Waals surface area contributed by atoms with Crippen LogP contribution in [0.1, 0.15) is 71.6 Å². The highest BCUT2D eigenvalue weighted by atomic mass is 16.5. The van der Waals surface area contributed by atoms with Gasteiger partial charge in [0.15, 0.2) is 0 Å². The number of methoxy groups -OCH3 is 1. The van der Waals surface area contributed by atoms with E-state index in [9.17, 15) is 4.79 Å². The summed E-state index contributed by atoms with van der Waals surface area (Å²) in [6.45, 7) is 5.21. The Morgan fingerprint density at radius 3 is 2.06 bits per heavy atom. The highest BCUT2D eigenvalue weighted by Gasteiger charge is 2.08. The van der Waals surface area contributed by atoms with Gasteiger partial charge < -0.3 is 10.1 Å². The van der Waals surface area contributed by atoms with E-state index in [0.29, 0.717) is 12.5 Å². The van der Waals surface area contributed by atoms with Crippen molar-refractivity contribution in [3.05, 3.63) is 0 Å². The molecule has 0 aromatic rings. The van der Waals surface area contributed by atoms with Crippen LogP contribution in [-0.4, -0.2) is 25.7 Å². The van der Waals surface area contributed by atoms with E-state index in [1.807, 2.05) is 0 Å². The van der Waals surface area contributed by atoms with Crippen molar-refractivity contribution in [2.45, 2.75) is 77.7 Å². The van der Waals surface area contributed by atoms with Gasteiger partial charge >= 0.3 is 5.97 Å². The van der Waals surface area contributed by atoms with Crippen molar-refractivity contribution in [3.8, 4) is 0 Å². The van der Waals surface area contributed by atoms with Crippen LogP contribution in [0.4, 0.5) is 0 Å². The lowest BCUT2D eigenvalue weighted by Gasteiger charge is -2.18. The molecule has 0 radical (unpaired) electrons. The quantitative estimate of drug-likeness (QED) is 0.428. The Hall–Kier alpha value is -0.570. The molecule has 108 valence electrons. The number of unbranched alkanes of at least 4 members (excludes halogenated alkanes) is 4. The van der Waals surface area contributed by atoms with Crippen LogP contribution in [0, 0.1) is 0 Å². The van der Waals surface area contributed by atoms with Gasteiger partial charge in [0, 0.05) is 12.6 Å². The number of rotatable bonds is 12. The molecule has 3 nitrogen and oxygen atoms in total. The first-order valence-electron chi connectivity index (χ1n) is 7.54. The van der Waals surface area contributed by atoms with Crippen molar-refractivity contribution >= 4 is 5.97 Å². The first-order chi connectivity index (χ1) is 8.74. The van der Waals surface area contributed by atoms with E-state index < -0.39 is 0 Å². The molecule has 0 fully saturated rings. The van der Waals surface area contributed by atoms with Crippen LogP contribution >= 0.6 is 0 Å². The molecule has 1 N–H and O–H groups in total. The zero-order valence-corrected chi connectivity index (χ0v) is 12.5. The zero-order valence-electron chi connectivity index (χ0n) is 12.5. The van der Waals surface area contributed by atoms with Crippen LogP contribution in [0.15, 0.2) is 0 Å². The standard InChI is InChI=1S/C15H31NO2/c1-4-6-8-10-14(11-9-7-5-2)16-13-12-15(17)18-3/h14,16H,4-13H2,1-3H3. The number of ether oxygens (including phenoxy) is 1. The van der Waals surface area contributed by atoms with Crippen LogP contribution in [0.2, 0.25) is 0 Å². The third kappa shape index (κ3) is 10.6. The molecular formula is C15H31NO2. The molecule has 0 heterocycles. The van der Waals surface area contributed by atoms with Crippen LogP contribution in [0.25, 0.3) is 0 Å². The summed E-state index contributed by atoms with van der Waals surface area (Å²) in [6, 6.07) is 0.577. The Kier molecular flexibility index (Phi) is 12.5. The molecule has 18 heavy (non-hydrogen) atoms. The van der Waals surface area contributed by atoms with Gasteiger partial charge in [-0.3, -0.25) is 4.79 Å². The lowest BCUT2D eigenvalue weighted by atomic mass is 10.0. The molecule has 0 aliphatic heterocycles. The average Bonchev–Trinajstić information content (AvgIpc) is 2.38. The highest BCUT2D eigenvalue weighted by molar-refractivity contribution is 5.69. The first-order valence-corrected chi connectivity index (χ1v) is 7.54. The molecule has 0 bridgehead atoms. The molecule has 0 unspecified atom stereocenters. The van der Waals surface area contributed by atoms with Gasteiger partial charge in [-0.2, -0.15) is 0 Å². The number of carbonyl (C=O) groups is 1. The molecule has 0 aromatic carbocycles. The highest BCUT2D eigenvalue weighted by Crippen LogP contribution is 2.11. The molecular weight excluding hydrogens is 226 g/mol. The summed E-state index contributed by atoms with van der Waals surface area (Å²) in [4.78, 5) is 11.1. The summed E-state index contributed by atoms with van der Waals surface area (Å²) >= 11 is 0. The fraction of sp³-hybridized carbons (Fsp3) is 0.933. The van der Waals surface area contributed by atoms with E-state index in [1.165, 1.54) is 58.5 Å². The Morgan fingerprint density at radius 1 is 1.06 bits per heavy atom. The maximum Gasteiger partial charge on any atom is 0.306 e. The second-order valence-corrected chi connectivity index (χ2v) is 4.97. The smallest absolute Gasteiger partial charge is 0.306 e. The van der Waals surface area contributed by atoms with Gasteiger partial charge in [-0.1, -0.05) is 52.4 Å². The van der Waals surface area contributed by atoms with E-state index in [1.54, 1.807) is 0 Å². The van der Waals surface area contributed by atoms with Crippen LogP contribution in [0.3, 0.4) is 0 Å². The fourth-order valence-electron chi connectivity index (χ4n) is 2.11. The topological polar surface area (TPSA) is 38.3 Å². The zero-order chi connectivity index (χ0) is 13.6. The van der Waals surface area contributed by atoms with Crippen molar-refractivity contribution in [2.75, 3.05) is 13.7 Å². The summed E-state index contributed by atoms with van der Waals surface area (Å²) in [5, 5.41) is 3.50. The molecule has 0 saturated carbocycles. The van der Waals surface area contributed by atoms with Gasteiger partial charge in [-0.25, -0.2) is 0 Å². The van der Waals surface area contributed by atoms with E-state index in [2.05, 4.69) is 23.9 Å². The molecule has 0 spiro atoms. The molecule has 3 heteroatoms. The van der Waals surface area contributed by atoms with E-state index in [4.69, 9.17) is 0 Å². The Morgan fingerprint density at radius 2 is 1.61 bits per heavy atom. The number of hydrogen-bond acceptors (Lipinski definition) is 3. The minimum Gasteiger partial charge on any atom is -0.469 e. The number of nitrogens with one attached hydrogen (secondary N) is 1. The number of hydrogen-bond donors (Lipinski definition) is 1. The summed E-state index contributed by atoms with van der Waals surface area (Å²) < 4.78 is 4.65. The lowest BCUT2D eigenvalue weighted by Crippen LogP contribution is -2.31. The summed E-state index contributed by atoms with van der Waals surface area (Å²) in [6.07, 6.45) is 10.7. The van der Waals surface area contributed by atoms with Crippen molar-refractivity contribution in [2.24, 2.45) is 0 Å². The summed E-state index contributed by atoms with van der Waals surface area (Å²) in [7, 11) is 1.45. The maximum atomic E-state index is 11.1. The Labute approximate surface area is 113 Å². The van der Waals surface area contributed by atoms with E-state index in [-0.39, 0.29) is 5.97 Å². The predicted molar refractivity (Wildman–Crippen MR) is 76.7 cm³/mol. The van der Waals surface area contributed by atoms with Gasteiger partial charge in [-0.05, 0) is 12.8 Å². The van der Waals surface area contributed by atoms with Crippen molar-refractivity contribution in [1.29, 1.82) is 0 Å². The van der Waals surface area contributed by atoms with Gasteiger partial charge in [-0.15, -0.1) is 0 Å². The predicted octanol–water partition coefficient (Wildman–Crippen LogP) is 3.67. The Balaban J connectivity index is 3.76. The van der Waals surface area contributed by atoms with Crippen molar-refractivity contribution < 1.29 is 9.53 Å². The average molecular weight is 257 g/mol. The molecule has 0 amide bonds. The minimum atomic E-state index is -0.122. The lowest BCUT2D eigenvalue weighted by molar-refractivity contribution is -0.140. The van der Waals surface area contributed by atoms with E-state index >= 15 is 0 Å². The van der Waals surface area contributed by atoms with Crippen LogP contribution in [0.5, 0.6) is 0 Å². The second kappa shape index (κ2) is 12.9. The monoisotopic (exact) mass is 257 g/mol. The van der Waals surface area contributed by atoms with Crippen molar-refractivity contribution in [1.82, 2.24) is 5.32 Å². The molecule has 0 aliphatic carbocycles. The molecule has 0 rings (SSSR count). The number of esters is 1. The van der Waals surface area contributed by atoms with Crippen LogP contribution < -0.4 is 5.32 Å². The Bertz CT molecular complexity index is 185. The molecule has 0 saturated heterocycles.